The summed E-state index contributed by atoms with van der Waals surface area (Å²) in [6.07, 6.45) is 0.814. The molecule has 0 spiro atoms. The number of halogens is 2. The first kappa shape index (κ1) is 16.8. The average molecular weight is 312 g/mol. The van der Waals surface area contributed by atoms with Crippen LogP contribution in [0.5, 0.6) is 0 Å². The van der Waals surface area contributed by atoms with Crippen LogP contribution in [0.15, 0.2) is 18.2 Å². The first-order valence-corrected chi connectivity index (χ1v) is 7.61. The molecule has 1 heterocycles. The smallest absolute Gasteiger partial charge is 0.227 e. The van der Waals surface area contributed by atoms with Gasteiger partial charge in [0, 0.05) is 38.3 Å². The number of hydrogen-bond acceptors (Lipinski definition) is 3. The summed E-state index contributed by atoms with van der Waals surface area (Å²) in [5, 5.41) is 9.31. The van der Waals surface area contributed by atoms with Gasteiger partial charge in [0.15, 0.2) is 0 Å². The SMILES string of the molecule is CCC(CO)N1CCN(C(=O)Cc2ccc(F)cc2F)CC1. The van der Waals surface area contributed by atoms with Gasteiger partial charge in [-0.05, 0) is 18.1 Å². The van der Waals surface area contributed by atoms with Gasteiger partial charge in [-0.1, -0.05) is 13.0 Å². The lowest BCUT2D eigenvalue weighted by Crippen LogP contribution is -2.53. The van der Waals surface area contributed by atoms with E-state index >= 15 is 0 Å². The molecule has 0 radical (unpaired) electrons. The van der Waals surface area contributed by atoms with Crippen molar-refractivity contribution in [1.29, 1.82) is 0 Å². The molecule has 1 aliphatic rings. The van der Waals surface area contributed by atoms with Crippen molar-refractivity contribution in [1.82, 2.24) is 9.80 Å². The Labute approximate surface area is 129 Å². The molecule has 1 aromatic carbocycles. The van der Waals surface area contributed by atoms with E-state index < -0.39 is 11.6 Å². The summed E-state index contributed by atoms with van der Waals surface area (Å²) < 4.78 is 26.5. The number of carbonyl (C=O) groups is 1. The monoisotopic (exact) mass is 312 g/mol. The van der Waals surface area contributed by atoms with E-state index in [1.165, 1.54) is 6.07 Å². The maximum atomic E-state index is 13.6. The highest BCUT2D eigenvalue weighted by molar-refractivity contribution is 5.79. The van der Waals surface area contributed by atoms with Crippen molar-refractivity contribution in [2.75, 3.05) is 32.8 Å². The number of hydrogen-bond donors (Lipinski definition) is 1. The van der Waals surface area contributed by atoms with Crippen LogP contribution >= 0.6 is 0 Å². The highest BCUT2D eigenvalue weighted by atomic mass is 19.1. The number of nitrogens with zero attached hydrogens (tertiary/aromatic N) is 2. The summed E-state index contributed by atoms with van der Waals surface area (Å²) in [7, 11) is 0. The van der Waals surface area contributed by atoms with Crippen LogP contribution in [0, 0.1) is 11.6 Å². The molecule has 4 nitrogen and oxygen atoms in total. The lowest BCUT2D eigenvalue weighted by molar-refractivity contribution is -0.132. The van der Waals surface area contributed by atoms with Gasteiger partial charge in [-0.15, -0.1) is 0 Å². The van der Waals surface area contributed by atoms with E-state index in [0.717, 1.165) is 18.6 Å². The second-order valence-electron chi connectivity index (χ2n) is 5.57. The van der Waals surface area contributed by atoms with Gasteiger partial charge in [0.05, 0.1) is 13.0 Å². The molecule has 1 unspecified atom stereocenters. The predicted molar refractivity (Wildman–Crippen MR) is 79.4 cm³/mol. The number of benzene rings is 1. The minimum Gasteiger partial charge on any atom is -0.395 e. The van der Waals surface area contributed by atoms with Crippen LogP contribution in [0.2, 0.25) is 0 Å². The van der Waals surface area contributed by atoms with Crippen molar-refractivity contribution >= 4 is 5.91 Å². The number of rotatable bonds is 5. The summed E-state index contributed by atoms with van der Waals surface area (Å²) in [4.78, 5) is 16.1. The van der Waals surface area contributed by atoms with Gasteiger partial charge < -0.3 is 10.0 Å². The van der Waals surface area contributed by atoms with Crippen LogP contribution < -0.4 is 0 Å². The zero-order chi connectivity index (χ0) is 16.1. The molecule has 122 valence electrons. The van der Waals surface area contributed by atoms with Crippen LogP contribution in [0.3, 0.4) is 0 Å². The molecule has 0 aliphatic carbocycles. The van der Waals surface area contributed by atoms with E-state index in [-0.39, 0.29) is 30.5 Å². The molecule has 1 amide bonds. The van der Waals surface area contributed by atoms with Crippen molar-refractivity contribution in [3.05, 3.63) is 35.4 Å². The maximum Gasteiger partial charge on any atom is 0.227 e. The van der Waals surface area contributed by atoms with E-state index in [1.807, 2.05) is 6.92 Å². The molecule has 1 saturated heterocycles. The number of carbonyl (C=O) groups excluding carboxylic acids is 1. The Kier molecular flexibility index (Phi) is 5.85. The van der Waals surface area contributed by atoms with Crippen LogP contribution in [0.4, 0.5) is 8.78 Å². The summed E-state index contributed by atoms with van der Waals surface area (Å²) in [6.45, 7) is 4.69. The van der Waals surface area contributed by atoms with Gasteiger partial charge in [0.2, 0.25) is 5.91 Å². The third kappa shape index (κ3) is 4.01. The van der Waals surface area contributed by atoms with Gasteiger partial charge in [-0.3, -0.25) is 9.69 Å². The molecule has 22 heavy (non-hydrogen) atoms. The lowest BCUT2D eigenvalue weighted by atomic mass is 10.1. The fourth-order valence-corrected chi connectivity index (χ4v) is 2.78. The Bertz CT molecular complexity index is 513. The van der Waals surface area contributed by atoms with Crippen LogP contribution in [0.25, 0.3) is 0 Å². The van der Waals surface area contributed by atoms with E-state index in [4.69, 9.17) is 0 Å². The van der Waals surface area contributed by atoms with Gasteiger partial charge in [0.1, 0.15) is 11.6 Å². The van der Waals surface area contributed by atoms with Crippen molar-refractivity contribution in [3.63, 3.8) is 0 Å². The molecule has 1 N–H and O–H groups in total. The second-order valence-corrected chi connectivity index (χ2v) is 5.57. The fraction of sp³-hybridized carbons (Fsp3) is 0.562. The highest BCUT2D eigenvalue weighted by Crippen LogP contribution is 2.14. The Morgan fingerprint density at radius 2 is 1.95 bits per heavy atom. The van der Waals surface area contributed by atoms with Crippen molar-refractivity contribution in [2.24, 2.45) is 0 Å². The minimum atomic E-state index is -0.682. The lowest BCUT2D eigenvalue weighted by Gasteiger charge is -2.38. The number of piperazine rings is 1. The Balaban J connectivity index is 1.90. The summed E-state index contributed by atoms with van der Waals surface area (Å²) in [5.74, 6) is -1.47. The van der Waals surface area contributed by atoms with Gasteiger partial charge in [-0.2, -0.15) is 0 Å². The molecule has 1 aromatic rings. The first-order valence-electron chi connectivity index (χ1n) is 7.61. The first-order chi connectivity index (χ1) is 10.5. The summed E-state index contributed by atoms with van der Waals surface area (Å²) >= 11 is 0. The zero-order valence-electron chi connectivity index (χ0n) is 12.8. The Hall–Kier alpha value is -1.53. The van der Waals surface area contributed by atoms with E-state index in [1.54, 1.807) is 4.90 Å². The van der Waals surface area contributed by atoms with Crippen molar-refractivity contribution < 1.29 is 18.7 Å². The second kappa shape index (κ2) is 7.65. The van der Waals surface area contributed by atoms with Crippen molar-refractivity contribution in [3.8, 4) is 0 Å². The number of amides is 1. The molecule has 0 bridgehead atoms. The highest BCUT2D eigenvalue weighted by Gasteiger charge is 2.25. The molecule has 1 aliphatic heterocycles. The van der Waals surface area contributed by atoms with E-state index in [0.29, 0.717) is 26.2 Å². The number of aliphatic hydroxyl groups excluding tert-OH is 1. The van der Waals surface area contributed by atoms with Crippen LogP contribution in [-0.4, -0.2) is 59.6 Å². The summed E-state index contributed by atoms with van der Waals surface area (Å²) in [6, 6.07) is 3.41. The third-order valence-corrected chi connectivity index (χ3v) is 4.22. The van der Waals surface area contributed by atoms with Crippen molar-refractivity contribution in [2.45, 2.75) is 25.8 Å². The zero-order valence-corrected chi connectivity index (χ0v) is 12.8. The largest absolute Gasteiger partial charge is 0.395 e. The fourth-order valence-electron chi connectivity index (χ4n) is 2.78. The quantitative estimate of drug-likeness (QED) is 0.894. The van der Waals surface area contributed by atoms with Gasteiger partial charge in [0.25, 0.3) is 0 Å². The minimum absolute atomic E-state index is 0.0523. The molecular formula is C16H22F2N2O2. The molecule has 1 atom stereocenters. The topological polar surface area (TPSA) is 43.8 Å². The Morgan fingerprint density at radius 1 is 1.27 bits per heavy atom. The number of aliphatic hydroxyl groups is 1. The molecule has 6 heteroatoms. The van der Waals surface area contributed by atoms with E-state index in [2.05, 4.69) is 4.90 Å². The van der Waals surface area contributed by atoms with Gasteiger partial charge in [-0.25, -0.2) is 8.78 Å². The molecule has 1 fully saturated rings. The van der Waals surface area contributed by atoms with Crippen LogP contribution in [0.1, 0.15) is 18.9 Å². The van der Waals surface area contributed by atoms with E-state index in [9.17, 15) is 18.7 Å². The molecule has 2 rings (SSSR count). The summed E-state index contributed by atoms with van der Waals surface area (Å²) in [5.41, 5.74) is 0.218. The Morgan fingerprint density at radius 3 is 2.50 bits per heavy atom. The average Bonchev–Trinajstić information content (AvgIpc) is 2.52. The molecular weight excluding hydrogens is 290 g/mol. The predicted octanol–water partition coefficient (Wildman–Crippen LogP) is 1.42. The normalized spacial score (nSPS) is 17.5. The van der Waals surface area contributed by atoms with Crippen LogP contribution in [-0.2, 0) is 11.2 Å². The maximum absolute atomic E-state index is 13.6. The third-order valence-electron chi connectivity index (χ3n) is 4.22. The molecule has 0 aromatic heterocycles. The standard InChI is InChI=1S/C16H22F2N2O2/c1-2-14(11-21)19-5-7-20(8-6-19)16(22)9-12-3-4-13(17)10-15(12)18/h3-4,10,14,21H,2,5-9,11H2,1H3. The van der Waals surface area contributed by atoms with Gasteiger partial charge >= 0.3 is 0 Å². The molecule has 0 saturated carbocycles.